The van der Waals surface area contributed by atoms with E-state index in [-0.39, 0.29) is 6.10 Å². The number of hydrogen-bond donors (Lipinski definition) is 1. The van der Waals surface area contributed by atoms with Crippen LogP contribution in [0.25, 0.3) is 0 Å². The number of aliphatic hydroxyl groups excluding tert-OH is 1. The van der Waals surface area contributed by atoms with E-state index in [9.17, 15) is 5.11 Å². The fraction of sp³-hybridized carbons (Fsp3) is 1.00. The summed E-state index contributed by atoms with van der Waals surface area (Å²) in [5.41, 5.74) is 0. The quantitative estimate of drug-likeness (QED) is 0.693. The first-order valence-corrected chi connectivity index (χ1v) is 8.42. The van der Waals surface area contributed by atoms with E-state index < -0.39 is 11.6 Å². The Balaban J connectivity index is 1.44. The van der Waals surface area contributed by atoms with Crippen LogP contribution in [0.5, 0.6) is 0 Å². The Morgan fingerprint density at radius 2 is 1.60 bits per heavy atom. The standard InChI is InChI=1S/C16H24O4/c17-14-2-1-3-15(9-14)18-16(20-19-15)12-5-10-4-11(7-12)8-13(16)6-10/h10-14,17H,1-9H2. The van der Waals surface area contributed by atoms with Crippen LogP contribution >= 0.6 is 0 Å². The molecule has 6 aliphatic rings. The summed E-state index contributed by atoms with van der Waals surface area (Å²) in [6, 6.07) is 0. The Kier molecular flexibility index (Phi) is 2.46. The molecule has 1 heterocycles. The van der Waals surface area contributed by atoms with E-state index in [1.807, 2.05) is 0 Å². The molecular formula is C16H24O4. The highest BCUT2D eigenvalue weighted by molar-refractivity contribution is 5.05. The molecule has 0 aromatic rings. The highest BCUT2D eigenvalue weighted by Gasteiger charge is 2.66. The van der Waals surface area contributed by atoms with Gasteiger partial charge in [0.05, 0.1) is 6.10 Å². The summed E-state index contributed by atoms with van der Waals surface area (Å²) < 4.78 is 6.52. The zero-order chi connectivity index (χ0) is 13.4. The summed E-state index contributed by atoms with van der Waals surface area (Å²) in [6.07, 6.45) is 9.35. The van der Waals surface area contributed by atoms with Gasteiger partial charge in [0.1, 0.15) is 0 Å². The van der Waals surface area contributed by atoms with Crippen molar-refractivity contribution in [3.05, 3.63) is 0 Å². The van der Waals surface area contributed by atoms with Crippen LogP contribution in [0.2, 0.25) is 0 Å². The van der Waals surface area contributed by atoms with Gasteiger partial charge in [-0.2, -0.15) is 9.78 Å². The Labute approximate surface area is 119 Å². The predicted octanol–water partition coefficient (Wildman–Crippen LogP) is 2.75. The lowest BCUT2D eigenvalue weighted by molar-refractivity contribution is -0.390. The molecule has 6 rings (SSSR count). The highest BCUT2D eigenvalue weighted by Crippen LogP contribution is 2.63. The molecule has 1 aliphatic heterocycles. The van der Waals surface area contributed by atoms with Gasteiger partial charge in [0.15, 0.2) is 0 Å². The summed E-state index contributed by atoms with van der Waals surface area (Å²) >= 11 is 0. The molecular weight excluding hydrogens is 256 g/mol. The van der Waals surface area contributed by atoms with Crippen molar-refractivity contribution in [2.24, 2.45) is 23.7 Å². The van der Waals surface area contributed by atoms with Crippen molar-refractivity contribution in [3.63, 3.8) is 0 Å². The van der Waals surface area contributed by atoms with Gasteiger partial charge in [-0.05, 0) is 56.8 Å². The van der Waals surface area contributed by atoms with E-state index in [0.29, 0.717) is 18.3 Å². The van der Waals surface area contributed by atoms with Gasteiger partial charge >= 0.3 is 0 Å². The number of hydrogen-bond acceptors (Lipinski definition) is 4. The number of rotatable bonds is 0. The lowest BCUT2D eigenvalue weighted by Gasteiger charge is -2.57. The Hall–Kier alpha value is -0.160. The van der Waals surface area contributed by atoms with Crippen LogP contribution in [0.15, 0.2) is 0 Å². The Morgan fingerprint density at radius 3 is 2.25 bits per heavy atom. The summed E-state index contributed by atoms with van der Waals surface area (Å²) in [7, 11) is 0. The second-order valence-corrected chi connectivity index (χ2v) is 7.96. The lowest BCUT2D eigenvalue weighted by Crippen LogP contribution is -2.59. The average molecular weight is 280 g/mol. The molecule has 4 nitrogen and oxygen atoms in total. The minimum Gasteiger partial charge on any atom is -0.393 e. The predicted molar refractivity (Wildman–Crippen MR) is 70.2 cm³/mol. The van der Waals surface area contributed by atoms with E-state index in [1.165, 1.54) is 32.1 Å². The van der Waals surface area contributed by atoms with Crippen LogP contribution in [0.3, 0.4) is 0 Å². The molecule has 1 N–H and O–H groups in total. The first kappa shape index (κ1) is 12.4. The van der Waals surface area contributed by atoms with Gasteiger partial charge in [-0.1, -0.05) is 0 Å². The van der Waals surface area contributed by atoms with Crippen molar-refractivity contribution in [1.29, 1.82) is 0 Å². The van der Waals surface area contributed by atoms with E-state index >= 15 is 0 Å². The molecule has 4 bridgehead atoms. The molecule has 5 saturated carbocycles. The molecule has 0 radical (unpaired) electrons. The zero-order valence-electron chi connectivity index (χ0n) is 11.9. The molecule has 0 amide bonds. The van der Waals surface area contributed by atoms with Crippen molar-refractivity contribution >= 4 is 0 Å². The monoisotopic (exact) mass is 280 g/mol. The van der Waals surface area contributed by atoms with Gasteiger partial charge in [-0.15, -0.1) is 0 Å². The second-order valence-electron chi connectivity index (χ2n) is 7.96. The normalized spacial score (nSPS) is 60.8. The van der Waals surface area contributed by atoms with Crippen LogP contribution in [-0.2, 0) is 14.5 Å². The summed E-state index contributed by atoms with van der Waals surface area (Å²) in [5.74, 6) is 1.67. The van der Waals surface area contributed by atoms with E-state index in [0.717, 1.165) is 31.1 Å². The van der Waals surface area contributed by atoms with Crippen molar-refractivity contribution in [2.75, 3.05) is 0 Å². The summed E-state index contributed by atoms with van der Waals surface area (Å²) in [6.45, 7) is 0. The van der Waals surface area contributed by atoms with Gasteiger partial charge in [0, 0.05) is 24.7 Å². The molecule has 1 saturated heterocycles. The SMILES string of the molecule is OC1CCCC2(C1)OOC1(O2)C2CC3CC(C2)CC1C3. The van der Waals surface area contributed by atoms with Crippen LogP contribution < -0.4 is 0 Å². The van der Waals surface area contributed by atoms with Gasteiger partial charge in [0.25, 0.3) is 0 Å². The van der Waals surface area contributed by atoms with Crippen LogP contribution in [0.1, 0.15) is 57.8 Å². The Morgan fingerprint density at radius 1 is 0.900 bits per heavy atom. The van der Waals surface area contributed by atoms with Gasteiger partial charge < -0.3 is 9.84 Å². The highest BCUT2D eigenvalue weighted by atomic mass is 17.3. The van der Waals surface area contributed by atoms with Crippen LogP contribution in [-0.4, -0.2) is 22.8 Å². The molecule has 20 heavy (non-hydrogen) atoms. The first-order chi connectivity index (χ1) is 9.68. The van der Waals surface area contributed by atoms with E-state index in [2.05, 4.69) is 0 Å². The van der Waals surface area contributed by atoms with E-state index in [4.69, 9.17) is 14.5 Å². The second kappa shape index (κ2) is 3.97. The first-order valence-electron chi connectivity index (χ1n) is 8.42. The molecule has 0 aromatic carbocycles. The molecule has 112 valence electrons. The molecule has 2 spiro atoms. The largest absolute Gasteiger partial charge is 0.393 e. The Bertz CT molecular complexity index is 395. The summed E-state index contributed by atoms with van der Waals surface area (Å²) in [5, 5.41) is 9.96. The van der Waals surface area contributed by atoms with Crippen LogP contribution in [0, 0.1) is 23.7 Å². The minimum atomic E-state index is -0.660. The molecule has 4 heteroatoms. The van der Waals surface area contributed by atoms with Crippen molar-refractivity contribution in [1.82, 2.24) is 0 Å². The molecule has 5 aliphatic carbocycles. The minimum absolute atomic E-state index is 0.306. The van der Waals surface area contributed by atoms with Gasteiger partial charge in [-0.3, -0.25) is 0 Å². The number of aliphatic hydroxyl groups is 1. The maximum atomic E-state index is 9.96. The van der Waals surface area contributed by atoms with Crippen LogP contribution in [0.4, 0.5) is 0 Å². The molecule has 6 fully saturated rings. The third-order valence-corrected chi connectivity index (χ3v) is 6.59. The summed E-state index contributed by atoms with van der Waals surface area (Å²) in [4.78, 5) is 11.7. The third kappa shape index (κ3) is 1.57. The topological polar surface area (TPSA) is 47.9 Å². The van der Waals surface area contributed by atoms with Crippen molar-refractivity contribution < 1.29 is 19.6 Å². The molecule has 2 unspecified atom stereocenters. The molecule has 2 atom stereocenters. The maximum absolute atomic E-state index is 9.96. The fourth-order valence-electron chi connectivity index (χ4n) is 5.95. The smallest absolute Gasteiger partial charge is 0.210 e. The van der Waals surface area contributed by atoms with Gasteiger partial charge in [0.2, 0.25) is 11.6 Å². The van der Waals surface area contributed by atoms with Gasteiger partial charge in [-0.25, -0.2) is 0 Å². The third-order valence-electron chi connectivity index (χ3n) is 6.59. The van der Waals surface area contributed by atoms with Crippen molar-refractivity contribution in [2.45, 2.75) is 75.5 Å². The fourth-order valence-corrected chi connectivity index (χ4v) is 5.95. The van der Waals surface area contributed by atoms with Crippen molar-refractivity contribution in [3.8, 4) is 0 Å². The number of ether oxygens (including phenoxy) is 1. The average Bonchev–Trinajstić information content (AvgIpc) is 2.76. The lowest BCUT2D eigenvalue weighted by atomic mass is 9.53. The molecule has 0 aromatic heterocycles. The zero-order valence-corrected chi connectivity index (χ0v) is 11.9. The van der Waals surface area contributed by atoms with E-state index in [1.54, 1.807) is 0 Å². The maximum Gasteiger partial charge on any atom is 0.210 e.